The van der Waals surface area contributed by atoms with Crippen LogP contribution in [0.1, 0.15) is 23.9 Å². The summed E-state index contributed by atoms with van der Waals surface area (Å²) in [5, 5.41) is 3.90. The summed E-state index contributed by atoms with van der Waals surface area (Å²) in [4.78, 5) is 18.4. The summed E-state index contributed by atoms with van der Waals surface area (Å²) in [5.74, 6) is -0.438. The van der Waals surface area contributed by atoms with Crippen LogP contribution >= 0.6 is 11.3 Å². The summed E-state index contributed by atoms with van der Waals surface area (Å²) in [7, 11) is 0. The Hall–Kier alpha value is -2.31. The maximum atomic E-state index is 13.2. The zero-order chi connectivity index (χ0) is 17.2. The summed E-state index contributed by atoms with van der Waals surface area (Å²) < 4.78 is 14.4. The number of hydrogen-bond acceptors (Lipinski definition) is 3. The van der Waals surface area contributed by atoms with Crippen LogP contribution < -0.4 is 10.2 Å². The van der Waals surface area contributed by atoms with Gasteiger partial charge >= 0.3 is 0 Å². The SMILES string of the molecule is O=C(C[NH+]1CCC[C@H]1c1nc2ccccc2s1)Nc1cccc(F)c1. The number of carbonyl (C=O) groups excluding carboxylic acids is 1. The number of quaternary nitrogens is 1. The molecule has 6 heteroatoms. The molecule has 3 aromatic rings. The van der Waals surface area contributed by atoms with Gasteiger partial charge in [0.2, 0.25) is 0 Å². The molecule has 2 atom stereocenters. The Balaban J connectivity index is 1.46. The fourth-order valence-electron chi connectivity index (χ4n) is 3.44. The summed E-state index contributed by atoms with van der Waals surface area (Å²) in [6, 6.07) is 14.4. The molecule has 25 heavy (non-hydrogen) atoms. The normalized spacial score (nSPS) is 20.0. The van der Waals surface area contributed by atoms with Gasteiger partial charge in [-0.15, -0.1) is 11.3 Å². The molecular weight excluding hydrogens is 337 g/mol. The number of thiazole rings is 1. The minimum absolute atomic E-state index is 0.0892. The van der Waals surface area contributed by atoms with Crippen molar-refractivity contribution in [3.05, 3.63) is 59.4 Å². The first-order chi connectivity index (χ1) is 12.2. The molecular formula is C19H19FN3OS+. The number of rotatable bonds is 4. The minimum atomic E-state index is -0.348. The van der Waals surface area contributed by atoms with Gasteiger partial charge < -0.3 is 10.2 Å². The highest BCUT2D eigenvalue weighted by Crippen LogP contribution is 2.28. The molecule has 0 saturated carbocycles. The zero-order valence-electron chi connectivity index (χ0n) is 13.7. The van der Waals surface area contributed by atoms with E-state index in [1.165, 1.54) is 21.7 Å². The number of nitrogens with zero attached hydrogens (tertiary/aromatic N) is 1. The maximum Gasteiger partial charge on any atom is 0.279 e. The topological polar surface area (TPSA) is 46.4 Å². The van der Waals surface area contributed by atoms with E-state index in [1.807, 2.05) is 18.2 Å². The van der Waals surface area contributed by atoms with E-state index in [4.69, 9.17) is 4.98 Å². The van der Waals surface area contributed by atoms with E-state index in [1.54, 1.807) is 23.5 Å². The Kier molecular flexibility index (Phi) is 4.46. The predicted molar refractivity (Wildman–Crippen MR) is 97.3 cm³/mol. The smallest absolute Gasteiger partial charge is 0.279 e. The second-order valence-corrected chi connectivity index (χ2v) is 7.42. The number of fused-ring (bicyclic) bond motifs is 1. The van der Waals surface area contributed by atoms with Crippen LogP contribution in [0, 0.1) is 5.82 Å². The van der Waals surface area contributed by atoms with Gasteiger partial charge in [0.1, 0.15) is 11.9 Å². The molecule has 1 aromatic heterocycles. The molecule has 4 nitrogen and oxygen atoms in total. The quantitative estimate of drug-likeness (QED) is 0.755. The van der Waals surface area contributed by atoms with Gasteiger partial charge in [-0.3, -0.25) is 4.79 Å². The summed E-state index contributed by atoms with van der Waals surface area (Å²) >= 11 is 1.72. The lowest BCUT2D eigenvalue weighted by atomic mass is 10.2. The van der Waals surface area contributed by atoms with Gasteiger partial charge in [0, 0.05) is 18.5 Å². The Morgan fingerprint density at radius 1 is 1.28 bits per heavy atom. The van der Waals surface area contributed by atoms with Gasteiger partial charge in [-0.05, 0) is 30.3 Å². The number of anilines is 1. The molecule has 2 heterocycles. The number of benzene rings is 2. The third-order valence-corrected chi connectivity index (χ3v) is 5.74. The molecule has 0 radical (unpaired) electrons. The van der Waals surface area contributed by atoms with E-state index in [2.05, 4.69) is 11.4 Å². The first kappa shape index (κ1) is 16.2. The number of halogens is 1. The number of aromatic nitrogens is 1. The highest BCUT2D eigenvalue weighted by molar-refractivity contribution is 7.18. The molecule has 0 aliphatic carbocycles. The van der Waals surface area contributed by atoms with Crippen LogP contribution in [0.3, 0.4) is 0 Å². The molecule has 4 rings (SSSR count). The minimum Gasteiger partial charge on any atom is -0.321 e. The molecule has 1 aliphatic rings. The predicted octanol–water partition coefficient (Wildman–Crippen LogP) is 2.79. The lowest BCUT2D eigenvalue weighted by Gasteiger charge is -2.19. The van der Waals surface area contributed by atoms with Crippen LogP contribution in [0.25, 0.3) is 10.2 Å². The number of nitrogens with one attached hydrogen (secondary N) is 2. The Morgan fingerprint density at radius 2 is 2.16 bits per heavy atom. The van der Waals surface area contributed by atoms with Crippen molar-refractivity contribution in [1.29, 1.82) is 0 Å². The van der Waals surface area contributed by atoms with Crippen LogP contribution in [0.15, 0.2) is 48.5 Å². The molecule has 1 fully saturated rings. The van der Waals surface area contributed by atoms with Crippen molar-refractivity contribution in [2.24, 2.45) is 0 Å². The van der Waals surface area contributed by atoms with Gasteiger partial charge in [0.15, 0.2) is 11.6 Å². The lowest BCUT2D eigenvalue weighted by molar-refractivity contribution is -0.910. The van der Waals surface area contributed by atoms with Crippen LogP contribution in [0.2, 0.25) is 0 Å². The molecule has 2 N–H and O–H groups in total. The summed E-state index contributed by atoms with van der Waals surface area (Å²) in [6.45, 7) is 1.33. The number of amides is 1. The average molecular weight is 356 g/mol. The number of likely N-dealkylation sites (tertiary alicyclic amines) is 1. The van der Waals surface area contributed by atoms with E-state index in [0.717, 1.165) is 29.9 Å². The Bertz CT molecular complexity index is 877. The largest absolute Gasteiger partial charge is 0.321 e. The van der Waals surface area contributed by atoms with Crippen molar-refractivity contribution in [3.63, 3.8) is 0 Å². The summed E-state index contributed by atoms with van der Waals surface area (Å²) in [6.07, 6.45) is 2.13. The maximum absolute atomic E-state index is 13.2. The van der Waals surface area contributed by atoms with E-state index in [9.17, 15) is 9.18 Å². The second kappa shape index (κ2) is 6.90. The van der Waals surface area contributed by atoms with Gasteiger partial charge in [-0.1, -0.05) is 18.2 Å². The van der Waals surface area contributed by atoms with E-state index < -0.39 is 0 Å². The van der Waals surface area contributed by atoms with Crippen molar-refractivity contribution in [2.75, 3.05) is 18.4 Å². The first-order valence-corrected chi connectivity index (χ1v) is 9.26. The van der Waals surface area contributed by atoms with Crippen LogP contribution in [-0.4, -0.2) is 24.0 Å². The Labute approximate surface area is 149 Å². The first-order valence-electron chi connectivity index (χ1n) is 8.44. The van der Waals surface area contributed by atoms with Crippen molar-refractivity contribution in [2.45, 2.75) is 18.9 Å². The van der Waals surface area contributed by atoms with E-state index in [-0.39, 0.29) is 17.8 Å². The zero-order valence-corrected chi connectivity index (χ0v) is 14.5. The number of carbonyl (C=O) groups is 1. The monoisotopic (exact) mass is 356 g/mol. The molecule has 0 spiro atoms. The molecule has 128 valence electrons. The third kappa shape index (κ3) is 3.55. The van der Waals surface area contributed by atoms with E-state index >= 15 is 0 Å². The average Bonchev–Trinajstić information content (AvgIpc) is 3.20. The third-order valence-electron chi connectivity index (χ3n) is 4.59. The lowest BCUT2D eigenvalue weighted by Crippen LogP contribution is -3.11. The second-order valence-electron chi connectivity index (χ2n) is 6.36. The highest BCUT2D eigenvalue weighted by atomic mass is 32.1. The van der Waals surface area contributed by atoms with Crippen molar-refractivity contribution >= 4 is 33.1 Å². The molecule has 1 unspecified atom stereocenters. The highest BCUT2D eigenvalue weighted by Gasteiger charge is 2.34. The van der Waals surface area contributed by atoms with Crippen LogP contribution in [0.5, 0.6) is 0 Å². The molecule has 0 bridgehead atoms. The van der Waals surface area contributed by atoms with Crippen molar-refractivity contribution in [1.82, 2.24) is 4.98 Å². The van der Waals surface area contributed by atoms with Gasteiger partial charge in [0.25, 0.3) is 5.91 Å². The molecule has 1 aliphatic heterocycles. The fraction of sp³-hybridized carbons (Fsp3) is 0.263. The number of hydrogen-bond donors (Lipinski definition) is 2. The van der Waals surface area contributed by atoms with Crippen molar-refractivity contribution < 1.29 is 14.1 Å². The molecule has 1 amide bonds. The van der Waals surface area contributed by atoms with Crippen LogP contribution in [0.4, 0.5) is 10.1 Å². The summed E-state index contributed by atoms with van der Waals surface area (Å²) in [5.41, 5.74) is 1.53. The van der Waals surface area contributed by atoms with Crippen LogP contribution in [-0.2, 0) is 4.79 Å². The Morgan fingerprint density at radius 3 is 3.00 bits per heavy atom. The fourth-order valence-corrected chi connectivity index (χ4v) is 4.60. The standard InChI is InChI=1S/C19H18FN3OS/c20-13-5-3-6-14(11-13)21-18(24)12-23-10-4-8-16(23)19-22-15-7-1-2-9-17(15)25-19/h1-3,5-7,9,11,16H,4,8,10,12H2,(H,21,24)/p+1/t16-/m0/s1. The molecule has 2 aromatic carbocycles. The van der Waals surface area contributed by atoms with E-state index in [0.29, 0.717) is 12.2 Å². The number of para-hydroxylation sites is 1. The molecule has 1 saturated heterocycles. The van der Waals surface area contributed by atoms with Gasteiger partial charge in [-0.2, -0.15) is 0 Å². The van der Waals surface area contributed by atoms with Crippen molar-refractivity contribution in [3.8, 4) is 0 Å². The van der Waals surface area contributed by atoms with Gasteiger partial charge in [-0.25, -0.2) is 9.37 Å². The van der Waals surface area contributed by atoms with Gasteiger partial charge in [0.05, 0.1) is 16.8 Å².